The lowest BCUT2D eigenvalue weighted by molar-refractivity contribution is 0.0414. The maximum absolute atomic E-state index is 4.25. The van der Waals surface area contributed by atoms with Gasteiger partial charge in [-0.25, -0.2) is 0 Å². The van der Waals surface area contributed by atoms with Gasteiger partial charge >= 0.3 is 0 Å². The molecule has 0 nitrogen and oxygen atoms in total. The van der Waals surface area contributed by atoms with E-state index < -0.39 is 0 Å². The summed E-state index contributed by atoms with van der Waals surface area (Å²) in [4.78, 5) is 0. The van der Waals surface area contributed by atoms with Gasteiger partial charge in [0.2, 0.25) is 0 Å². The topological polar surface area (TPSA) is 0 Å². The fourth-order valence-corrected chi connectivity index (χ4v) is 5.49. The number of hydrogen-bond donors (Lipinski definition) is 0. The second kappa shape index (κ2) is 6.02. The molecule has 0 aliphatic heterocycles. The van der Waals surface area contributed by atoms with E-state index in [2.05, 4.69) is 46.4 Å². The average molecular weight is 299 g/mol. The molecule has 0 aromatic rings. The zero-order valence-electron chi connectivity index (χ0n) is 15.1. The van der Waals surface area contributed by atoms with Crippen LogP contribution in [0.1, 0.15) is 72.6 Å². The second-order valence-corrected chi connectivity index (χ2v) is 8.53. The van der Waals surface area contributed by atoms with Crippen LogP contribution in [-0.4, -0.2) is 0 Å². The van der Waals surface area contributed by atoms with E-state index in [0.717, 1.165) is 23.7 Å². The zero-order valence-corrected chi connectivity index (χ0v) is 15.1. The maximum Gasteiger partial charge on any atom is -0.00356 e. The molecule has 22 heavy (non-hydrogen) atoms. The summed E-state index contributed by atoms with van der Waals surface area (Å²) in [7, 11) is 0. The molecule has 0 spiro atoms. The third kappa shape index (κ3) is 2.53. The SMILES string of the molecule is C=C1C=C2C(C)=CC(C3CCC3C)C(CCCC)C2(C)CC1. The molecule has 0 bridgehead atoms. The van der Waals surface area contributed by atoms with Crippen LogP contribution in [0, 0.1) is 29.1 Å². The van der Waals surface area contributed by atoms with Gasteiger partial charge in [0.1, 0.15) is 0 Å². The first-order valence-corrected chi connectivity index (χ1v) is 9.56. The van der Waals surface area contributed by atoms with Crippen LogP contribution < -0.4 is 0 Å². The predicted octanol–water partition coefficient (Wildman–Crippen LogP) is 6.70. The molecule has 0 radical (unpaired) electrons. The summed E-state index contributed by atoms with van der Waals surface area (Å²) >= 11 is 0. The Bertz CT molecular complexity index is 506. The Morgan fingerprint density at radius 3 is 2.68 bits per heavy atom. The van der Waals surface area contributed by atoms with Gasteiger partial charge in [-0.15, -0.1) is 0 Å². The first kappa shape index (κ1) is 16.1. The van der Waals surface area contributed by atoms with Gasteiger partial charge in [0.15, 0.2) is 0 Å². The second-order valence-electron chi connectivity index (χ2n) is 8.53. The molecule has 3 aliphatic rings. The molecule has 5 unspecified atom stereocenters. The molecule has 0 aromatic carbocycles. The van der Waals surface area contributed by atoms with E-state index in [0.29, 0.717) is 5.41 Å². The van der Waals surface area contributed by atoms with Gasteiger partial charge in [-0.1, -0.05) is 69.9 Å². The normalized spacial score (nSPS) is 41.4. The van der Waals surface area contributed by atoms with Gasteiger partial charge in [-0.2, -0.15) is 0 Å². The Balaban J connectivity index is 1.99. The smallest absolute Gasteiger partial charge is 0.00356 e. The van der Waals surface area contributed by atoms with Crippen molar-refractivity contribution in [2.75, 3.05) is 0 Å². The van der Waals surface area contributed by atoms with Crippen LogP contribution in [0.3, 0.4) is 0 Å². The summed E-state index contributed by atoms with van der Waals surface area (Å²) in [5, 5.41) is 0. The Labute approximate surface area is 137 Å². The fourth-order valence-electron chi connectivity index (χ4n) is 5.49. The summed E-state index contributed by atoms with van der Waals surface area (Å²) in [6.45, 7) is 14.0. The van der Waals surface area contributed by atoms with Gasteiger partial charge < -0.3 is 0 Å². The lowest BCUT2D eigenvalue weighted by atomic mass is 9.51. The van der Waals surface area contributed by atoms with Gasteiger partial charge in [-0.05, 0) is 67.3 Å². The van der Waals surface area contributed by atoms with Crippen molar-refractivity contribution in [2.24, 2.45) is 29.1 Å². The minimum Gasteiger partial charge on any atom is -0.0958 e. The van der Waals surface area contributed by atoms with Crippen molar-refractivity contribution in [3.8, 4) is 0 Å². The number of hydrogen-bond acceptors (Lipinski definition) is 0. The van der Waals surface area contributed by atoms with Crippen molar-refractivity contribution in [3.05, 3.63) is 35.5 Å². The number of rotatable bonds is 4. The van der Waals surface area contributed by atoms with Crippen molar-refractivity contribution in [2.45, 2.75) is 72.6 Å². The van der Waals surface area contributed by atoms with E-state index in [1.807, 2.05) is 0 Å². The summed E-state index contributed by atoms with van der Waals surface area (Å²) in [5.74, 6) is 3.55. The standard InChI is InChI=1S/C22H34/c1-6-7-8-20-19(18-10-9-16(18)3)14-17(4)21-13-15(2)11-12-22(20,21)5/h13-14,16,18-20H,2,6-12H2,1,3-5H3. The number of allylic oxidation sites excluding steroid dienone is 5. The first-order valence-electron chi connectivity index (χ1n) is 9.56. The number of unbranched alkanes of at least 4 members (excludes halogenated alkanes) is 1. The first-order chi connectivity index (χ1) is 10.5. The van der Waals surface area contributed by atoms with Crippen molar-refractivity contribution < 1.29 is 0 Å². The molecular weight excluding hydrogens is 264 g/mol. The van der Waals surface area contributed by atoms with Crippen molar-refractivity contribution in [3.63, 3.8) is 0 Å². The molecule has 5 atom stereocenters. The molecule has 0 saturated heterocycles. The summed E-state index contributed by atoms with van der Waals surface area (Å²) in [5.41, 5.74) is 4.91. The average Bonchev–Trinajstić information content (AvgIpc) is 2.47. The summed E-state index contributed by atoms with van der Waals surface area (Å²) in [6.07, 6.45) is 14.6. The molecule has 122 valence electrons. The Kier molecular flexibility index (Phi) is 4.40. The van der Waals surface area contributed by atoms with Crippen LogP contribution in [-0.2, 0) is 0 Å². The minimum atomic E-state index is 0.398. The molecule has 0 N–H and O–H groups in total. The van der Waals surface area contributed by atoms with E-state index in [-0.39, 0.29) is 0 Å². The highest BCUT2D eigenvalue weighted by Crippen LogP contribution is 2.59. The Morgan fingerprint density at radius 1 is 1.32 bits per heavy atom. The third-order valence-corrected chi connectivity index (χ3v) is 7.13. The van der Waals surface area contributed by atoms with Crippen molar-refractivity contribution >= 4 is 0 Å². The van der Waals surface area contributed by atoms with E-state index in [4.69, 9.17) is 0 Å². The highest BCUT2D eigenvalue weighted by atomic mass is 14.5. The van der Waals surface area contributed by atoms with Crippen LogP contribution in [0.2, 0.25) is 0 Å². The number of fused-ring (bicyclic) bond motifs is 1. The Hall–Kier alpha value is -0.780. The molecule has 3 aliphatic carbocycles. The van der Waals surface area contributed by atoms with Crippen molar-refractivity contribution in [1.82, 2.24) is 0 Å². The van der Waals surface area contributed by atoms with Gasteiger partial charge in [0.05, 0.1) is 0 Å². The quantitative estimate of drug-likeness (QED) is 0.542. The summed E-state index contributed by atoms with van der Waals surface area (Å²) in [6, 6.07) is 0. The molecule has 0 heteroatoms. The summed E-state index contributed by atoms with van der Waals surface area (Å²) < 4.78 is 0. The van der Waals surface area contributed by atoms with Crippen LogP contribution in [0.25, 0.3) is 0 Å². The van der Waals surface area contributed by atoms with Crippen LogP contribution in [0.4, 0.5) is 0 Å². The molecule has 0 aromatic heterocycles. The largest absolute Gasteiger partial charge is 0.0958 e. The van der Waals surface area contributed by atoms with Crippen LogP contribution in [0.5, 0.6) is 0 Å². The Morgan fingerprint density at radius 2 is 2.09 bits per heavy atom. The van der Waals surface area contributed by atoms with Gasteiger partial charge in [0.25, 0.3) is 0 Å². The zero-order chi connectivity index (χ0) is 15.9. The van der Waals surface area contributed by atoms with E-state index in [9.17, 15) is 0 Å². The molecule has 0 amide bonds. The lowest BCUT2D eigenvalue weighted by Gasteiger charge is -2.54. The highest BCUT2D eigenvalue weighted by molar-refractivity contribution is 5.46. The lowest BCUT2D eigenvalue weighted by Crippen LogP contribution is -2.45. The molecule has 3 rings (SSSR count). The molecule has 1 saturated carbocycles. The fraction of sp³-hybridized carbons (Fsp3) is 0.727. The van der Waals surface area contributed by atoms with Crippen molar-refractivity contribution in [1.29, 1.82) is 0 Å². The van der Waals surface area contributed by atoms with E-state index >= 15 is 0 Å². The molecular formula is C22H34. The van der Waals surface area contributed by atoms with E-state index in [1.54, 1.807) is 11.1 Å². The van der Waals surface area contributed by atoms with Gasteiger partial charge in [0, 0.05) is 0 Å². The molecule has 0 heterocycles. The van der Waals surface area contributed by atoms with Gasteiger partial charge in [-0.3, -0.25) is 0 Å². The highest BCUT2D eigenvalue weighted by Gasteiger charge is 2.49. The maximum atomic E-state index is 4.25. The van der Waals surface area contributed by atoms with Crippen LogP contribution >= 0.6 is 0 Å². The predicted molar refractivity (Wildman–Crippen MR) is 96.7 cm³/mol. The minimum absolute atomic E-state index is 0.398. The van der Waals surface area contributed by atoms with Crippen LogP contribution in [0.15, 0.2) is 35.5 Å². The monoisotopic (exact) mass is 298 g/mol. The third-order valence-electron chi connectivity index (χ3n) is 7.13. The van der Waals surface area contributed by atoms with E-state index in [1.165, 1.54) is 50.5 Å². The molecule has 1 fully saturated rings.